The van der Waals surface area contributed by atoms with E-state index in [1.54, 1.807) is 0 Å². The zero-order valence-corrected chi connectivity index (χ0v) is 13.7. The topological polar surface area (TPSA) is 76.9 Å². The van der Waals surface area contributed by atoms with Crippen molar-refractivity contribution < 1.29 is 4.74 Å². The SMILES string of the molecule is CCCOc1ccc(-c2nc3ccccc3n2CCC#N)cc1N. The Kier molecular flexibility index (Phi) is 4.66. The summed E-state index contributed by atoms with van der Waals surface area (Å²) in [5.74, 6) is 1.51. The monoisotopic (exact) mass is 320 g/mol. The minimum absolute atomic E-state index is 0.431. The number of anilines is 1. The molecular weight excluding hydrogens is 300 g/mol. The first-order valence-electron chi connectivity index (χ1n) is 8.09. The fourth-order valence-corrected chi connectivity index (χ4v) is 2.72. The molecule has 5 nitrogen and oxygen atoms in total. The van der Waals surface area contributed by atoms with Crippen molar-refractivity contribution in [3.63, 3.8) is 0 Å². The van der Waals surface area contributed by atoms with Gasteiger partial charge in [0.1, 0.15) is 11.6 Å². The highest BCUT2D eigenvalue weighted by Crippen LogP contribution is 2.30. The molecule has 0 bridgehead atoms. The maximum absolute atomic E-state index is 8.94. The van der Waals surface area contributed by atoms with E-state index in [0.29, 0.717) is 31.0 Å². The number of nitrogens with two attached hydrogens (primary N) is 1. The van der Waals surface area contributed by atoms with Crippen LogP contribution in [0, 0.1) is 11.3 Å². The number of aryl methyl sites for hydroxylation is 1. The number of nitrogen functional groups attached to an aromatic ring is 1. The third-order valence-electron chi connectivity index (χ3n) is 3.83. The Morgan fingerprint density at radius 1 is 1.25 bits per heavy atom. The summed E-state index contributed by atoms with van der Waals surface area (Å²) in [6, 6.07) is 15.9. The third-order valence-corrected chi connectivity index (χ3v) is 3.83. The van der Waals surface area contributed by atoms with Gasteiger partial charge in [-0.25, -0.2) is 4.98 Å². The minimum Gasteiger partial charge on any atom is -0.491 e. The van der Waals surface area contributed by atoms with Crippen LogP contribution >= 0.6 is 0 Å². The Morgan fingerprint density at radius 2 is 2.08 bits per heavy atom. The first-order valence-corrected chi connectivity index (χ1v) is 8.09. The van der Waals surface area contributed by atoms with E-state index in [-0.39, 0.29) is 0 Å². The van der Waals surface area contributed by atoms with Gasteiger partial charge in [0.15, 0.2) is 0 Å². The Balaban J connectivity index is 2.05. The average molecular weight is 320 g/mol. The van der Waals surface area contributed by atoms with E-state index < -0.39 is 0 Å². The third kappa shape index (κ3) is 3.04. The van der Waals surface area contributed by atoms with Crippen LogP contribution in [-0.4, -0.2) is 16.2 Å². The summed E-state index contributed by atoms with van der Waals surface area (Å²) in [6.45, 7) is 3.30. The number of imidazole rings is 1. The van der Waals surface area contributed by atoms with Crippen LogP contribution < -0.4 is 10.5 Å². The highest BCUT2D eigenvalue weighted by molar-refractivity contribution is 5.81. The molecule has 0 atom stereocenters. The number of hydrogen-bond acceptors (Lipinski definition) is 4. The molecule has 0 aliphatic rings. The normalized spacial score (nSPS) is 10.7. The second kappa shape index (κ2) is 7.05. The maximum Gasteiger partial charge on any atom is 0.142 e. The summed E-state index contributed by atoms with van der Waals surface area (Å²) < 4.78 is 7.70. The van der Waals surface area contributed by atoms with Crippen molar-refractivity contribution in [1.82, 2.24) is 9.55 Å². The highest BCUT2D eigenvalue weighted by atomic mass is 16.5. The number of rotatable bonds is 6. The number of nitrogens with zero attached hydrogens (tertiary/aromatic N) is 3. The Hall–Kier alpha value is -3.00. The maximum atomic E-state index is 8.94. The number of para-hydroxylation sites is 2. The van der Waals surface area contributed by atoms with Crippen LogP contribution in [0.4, 0.5) is 5.69 Å². The van der Waals surface area contributed by atoms with Crippen LogP contribution in [-0.2, 0) is 6.54 Å². The van der Waals surface area contributed by atoms with Gasteiger partial charge in [-0.15, -0.1) is 0 Å². The Morgan fingerprint density at radius 3 is 2.83 bits per heavy atom. The Labute approximate surface area is 141 Å². The van der Waals surface area contributed by atoms with E-state index in [0.717, 1.165) is 28.8 Å². The molecule has 2 aromatic carbocycles. The summed E-state index contributed by atoms with van der Waals surface area (Å²) in [5.41, 5.74) is 9.58. The number of hydrogen-bond donors (Lipinski definition) is 1. The number of benzene rings is 2. The molecule has 122 valence electrons. The lowest BCUT2D eigenvalue weighted by Crippen LogP contribution is -2.02. The quantitative estimate of drug-likeness (QED) is 0.697. The molecule has 5 heteroatoms. The van der Waals surface area contributed by atoms with Crippen molar-refractivity contribution >= 4 is 16.7 Å². The van der Waals surface area contributed by atoms with E-state index in [1.165, 1.54) is 0 Å². The standard InChI is InChI=1S/C19H20N4O/c1-2-12-24-18-9-8-14(13-15(18)21)19-22-16-6-3-4-7-17(16)23(19)11-5-10-20/h3-4,6-9,13H,2,5,11-12,21H2,1H3. The van der Waals surface area contributed by atoms with Gasteiger partial charge < -0.3 is 15.0 Å². The zero-order chi connectivity index (χ0) is 16.9. The lowest BCUT2D eigenvalue weighted by Gasteiger charge is -2.11. The number of ether oxygens (including phenoxy) is 1. The molecule has 0 unspecified atom stereocenters. The fraction of sp³-hybridized carbons (Fsp3) is 0.263. The molecule has 3 rings (SSSR count). The molecule has 0 saturated carbocycles. The molecular formula is C19H20N4O. The number of aromatic nitrogens is 2. The van der Waals surface area contributed by atoms with Crippen molar-refractivity contribution in [3.05, 3.63) is 42.5 Å². The highest BCUT2D eigenvalue weighted by Gasteiger charge is 2.13. The summed E-state index contributed by atoms with van der Waals surface area (Å²) >= 11 is 0. The van der Waals surface area contributed by atoms with E-state index >= 15 is 0 Å². The van der Waals surface area contributed by atoms with E-state index in [9.17, 15) is 0 Å². The summed E-state index contributed by atoms with van der Waals surface area (Å²) in [5, 5.41) is 8.94. The van der Waals surface area contributed by atoms with Crippen LogP contribution in [0.2, 0.25) is 0 Å². The van der Waals surface area contributed by atoms with Gasteiger partial charge in [0.2, 0.25) is 0 Å². The zero-order valence-electron chi connectivity index (χ0n) is 13.7. The molecule has 0 spiro atoms. The Bertz CT molecular complexity index is 892. The molecule has 1 heterocycles. The van der Waals surface area contributed by atoms with E-state index in [4.69, 9.17) is 20.7 Å². The van der Waals surface area contributed by atoms with Crippen molar-refractivity contribution in [3.8, 4) is 23.2 Å². The van der Waals surface area contributed by atoms with Crippen molar-refractivity contribution in [1.29, 1.82) is 5.26 Å². The molecule has 24 heavy (non-hydrogen) atoms. The predicted molar refractivity (Wildman–Crippen MR) is 95.6 cm³/mol. The van der Waals surface area contributed by atoms with Gasteiger partial charge in [0, 0.05) is 12.1 Å². The summed E-state index contributed by atoms with van der Waals surface area (Å²) in [4.78, 5) is 4.73. The van der Waals surface area contributed by atoms with Crippen molar-refractivity contribution in [2.24, 2.45) is 0 Å². The second-order valence-electron chi connectivity index (χ2n) is 5.58. The predicted octanol–water partition coefficient (Wildman–Crippen LogP) is 3.99. The first-order chi connectivity index (χ1) is 11.7. The molecule has 0 amide bonds. The van der Waals surface area contributed by atoms with Crippen LogP contribution in [0.15, 0.2) is 42.5 Å². The van der Waals surface area contributed by atoms with Gasteiger partial charge in [0.05, 0.1) is 35.8 Å². The molecule has 0 aliphatic carbocycles. The first kappa shape index (κ1) is 15.9. The molecule has 1 aromatic heterocycles. The van der Waals surface area contributed by atoms with E-state index in [1.807, 2.05) is 42.5 Å². The molecule has 3 aromatic rings. The fourth-order valence-electron chi connectivity index (χ4n) is 2.72. The van der Waals surface area contributed by atoms with Crippen molar-refractivity contribution in [2.45, 2.75) is 26.3 Å². The lowest BCUT2D eigenvalue weighted by molar-refractivity contribution is 0.319. The van der Waals surface area contributed by atoms with Crippen molar-refractivity contribution in [2.75, 3.05) is 12.3 Å². The number of fused-ring (bicyclic) bond motifs is 1. The van der Waals surface area contributed by atoms with Crippen LogP contribution in [0.25, 0.3) is 22.4 Å². The van der Waals surface area contributed by atoms with Crippen LogP contribution in [0.5, 0.6) is 5.75 Å². The molecule has 0 saturated heterocycles. The van der Waals surface area contributed by atoms with Gasteiger partial charge in [-0.1, -0.05) is 19.1 Å². The number of nitriles is 1. The lowest BCUT2D eigenvalue weighted by atomic mass is 10.1. The van der Waals surface area contributed by atoms with E-state index in [2.05, 4.69) is 17.6 Å². The van der Waals surface area contributed by atoms with Gasteiger partial charge in [-0.2, -0.15) is 5.26 Å². The van der Waals surface area contributed by atoms with Gasteiger partial charge >= 0.3 is 0 Å². The van der Waals surface area contributed by atoms with Gasteiger partial charge in [-0.3, -0.25) is 0 Å². The molecule has 0 aliphatic heterocycles. The summed E-state index contributed by atoms with van der Waals surface area (Å²) in [6.07, 6.45) is 1.37. The van der Waals surface area contributed by atoms with Gasteiger partial charge in [-0.05, 0) is 36.8 Å². The molecule has 2 N–H and O–H groups in total. The largest absolute Gasteiger partial charge is 0.491 e. The molecule has 0 fully saturated rings. The average Bonchev–Trinajstić information content (AvgIpc) is 2.97. The van der Waals surface area contributed by atoms with Crippen LogP contribution in [0.1, 0.15) is 19.8 Å². The minimum atomic E-state index is 0.431. The summed E-state index contributed by atoms with van der Waals surface area (Å²) in [7, 11) is 0. The smallest absolute Gasteiger partial charge is 0.142 e. The molecule has 0 radical (unpaired) electrons. The van der Waals surface area contributed by atoms with Crippen LogP contribution in [0.3, 0.4) is 0 Å². The van der Waals surface area contributed by atoms with Gasteiger partial charge in [0.25, 0.3) is 0 Å². The second-order valence-corrected chi connectivity index (χ2v) is 5.58.